The largest absolute Gasteiger partial charge is 0.397 e. The van der Waals surface area contributed by atoms with Gasteiger partial charge in [-0.2, -0.15) is 0 Å². The highest BCUT2D eigenvalue weighted by atomic mass is 16.6. The number of amides is 1. The number of hydrogen-bond donors (Lipinski definition) is 3. The lowest BCUT2D eigenvalue weighted by atomic mass is 10.2. The summed E-state index contributed by atoms with van der Waals surface area (Å²) in [4.78, 5) is 19.9. The van der Waals surface area contributed by atoms with Crippen LogP contribution >= 0.6 is 0 Å². The van der Waals surface area contributed by atoms with Gasteiger partial charge in [0.25, 0.3) is 0 Å². The van der Waals surface area contributed by atoms with Crippen LogP contribution in [0.25, 0.3) is 0 Å². The molecule has 9 nitrogen and oxygen atoms in total. The molecule has 1 rings (SSSR count). The average molecular weight is 430 g/mol. The molecule has 0 aliphatic heterocycles. The minimum atomic E-state index is 0.422. The predicted octanol–water partition coefficient (Wildman–Crippen LogP) is 1.57. The van der Waals surface area contributed by atoms with E-state index in [2.05, 4.69) is 5.32 Å². The Balaban J connectivity index is 0. The van der Waals surface area contributed by atoms with Crippen molar-refractivity contribution in [1.29, 1.82) is 0 Å². The Hall–Kier alpha value is -2.20. The summed E-state index contributed by atoms with van der Waals surface area (Å²) in [6.45, 7) is 10.4. The van der Waals surface area contributed by atoms with E-state index in [-0.39, 0.29) is 0 Å². The second-order valence-electron chi connectivity index (χ2n) is 5.61. The molecule has 0 aliphatic carbocycles. The second-order valence-corrected chi connectivity index (χ2v) is 5.61. The summed E-state index contributed by atoms with van der Waals surface area (Å²) in [6.07, 6.45) is 1.89. The predicted molar refractivity (Wildman–Crippen MR) is 119 cm³/mol. The molecule has 174 valence electrons. The van der Waals surface area contributed by atoms with Crippen molar-refractivity contribution in [2.24, 2.45) is 0 Å². The molecular weight excluding hydrogens is 390 g/mol. The summed E-state index contributed by atoms with van der Waals surface area (Å²) in [5.74, 6) is 0. The highest BCUT2D eigenvalue weighted by Crippen LogP contribution is 2.14. The van der Waals surface area contributed by atoms with Gasteiger partial charge in [-0.05, 0) is 24.6 Å². The Bertz CT molecular complexity index is 498. The number of nitrogen functional groups attached to an aromatic ring is 2. The first kappa shape index (κ1) is 30.0. The van der Waals surface area contributed by atoms with Crippen LogP contribution in [0.2, 0.25) is 0 Å². The van der Waals surface area contributed by atoms with E-state index in [0.29, 0.717) is 83.6 Å². The molecule has 1 aromatic rings. The van der Waals surface area contributed by atoms with E-state index in [4.69, 9.17) is 30.4 Å². The van der Waals surface area contributed by atoms with Gasteiger partial charge in [-0.3, -0.25) is 4.79 Å². The maximum atomic E-state index is 9.98. The molecule has 1 aromatic carbocycles. The van der Waals surface area contributed by atoms with E-state index in [9.17, 15) is 9.59 Å². The van der Waals surface area contributed by atoms with Gasteiger partial charge >= 0.3 is 0 Å². The zero-order valence-electron chi connectivity index (χ0n) is 18.6. The fourth-order valence-electron chi connectivity index (χ4n) is 1.78. The Kier molecular flexibility index (Phi) is 24.8. The number of nitrogens with two attached hydrogens (primary N) is 2. The molecule has 0 radical (unpaired) electrons. The summed E-state index contributed by atoms with van der Waals surface area (Å²) in [5, 5.41) is 2.49. The minimum Gasteiger partial charge on any atom is -0.397 e. The van der Waals surface area contributed by atoms with E-state index in [1.807, 2.05) is 39.0 Å². The number of benzene rings is 1. The number of aldehydes is 1. The summed E-state index contributed by atoms with van der Waals surface area (Å²) >= 11 is 0. The molecule has 0 saturated carbocycles. The Labute approximate surface area is 180 Å². The van der Waals surface area contributed by atoms with Gasteiger partial charge in [0.2, 0.25) is 6.41 Å². The molecule has 0 aliphatic rings. The molecule has 0 spiro atoms. The Morgan fingerprint density at radius 2 is 1.30 bits per heavy atom. The first-order chi connectivity index (χ1) is 14.6. The van der Waals surface area contributed by atoms with Crippen LogP contribution in [0.4, 0.5) is 11.4 Å². The third-order valence-corrected chi connectivity index (χ3v) is 3.21. The van der Waals surface area contributed by atoms with E-state index in [0.717, 1.165) is 11.8 Å². The molecule has 0 bridgehead atoms. The Morgan fingerprint density at radius 3 is 1.73 bits per heavy atom. The van der Waals surface area contributed by atoms with Gasteiger partial charge in [0.05, 0.1) is 64.2 Å². The number of carbonyl (C=O) groups is 2. The zero-order chi connectivity index (χ0) is 22.9. The van der Waals surface area contributed by atoms with E-state index < -0.39 is 0 Å². The monoisotopic (exact) mass is 429 g/mol. The van der Waals surface area contributed by atoms with Crippen LogP contribution in [0.15, 0.2) is 18.2 Å². The highest BCUT2D eigenvalue weighted by Gasteiger charge is 1.93. The molecule has 0 atom stereocenters. The normalized spacial score (nSPS) is 9.57. The van der Waals surface area contributed by atoms with Crippen molar-refractivity contribution >= 4 is 24.1 Å². The van der Waals surface area contributed by atoms with E-state index in [1.165, 1.54) is 0 Å². The molecule has 0 heterocycles. The van der Waals surface area contributed by atoms with Crippen LogP contribution in [-0.2, 0) is 28.5 Å². The third kappa shape index (κ3) is 22.1. The van der Waals surface area contributed by atoms with Crippen molar-refractivity contribution in [3.63, 3.8) is 0 Å². The van der Waals surface area contributed by atoms with E-state index in [1.54, 1.807) is 0 Å². The lowest BCUT2D eigenvalue weighted by Gasteiger charge is -2.06. The molecule has 0 aromatic heterocycles. The van der Waals surface area contributed by atoms with Gasteiger partial charge in [-0.15, -0.1) is 0 Å². The zero-order valence-corrected chi connectivity index (χ0v) is 18.6. The average Bonchev–Trinajstić information content (AvgIpc) is 2.76. The Morgan fingerprint density at radius 1 is 0.800 bits per heavy atom. The number of hydrogen-bond acceptors (Lipinski definition) is 8. The molecular formula is C21H39N3O6. The van der Waals surface area contributed by atoms with Crippen LogP contribution < -0.4 is 16.8 Å². The van der Waals surface area contributed by atoms with Crippen molar-refractivity contribution in [3.05, 3.63) is 23.8 Å². The molecule has 30 heavy (non-hydrogen) atoms. The number of aryl methyl sites for hydroxylation is 1. The van der Waals surface area contributed by atoms with Crippen LogP contribution in [0.3, 0.4) is 0 Å². The number of ether oxygens (including phenoxy) is 4. The summed E-state index contributed by atoms with van der Waals surface area (Å²) < 4.78 is 20.8. The van der Waals surface area contributed by atoms with Gasteiger partial charge in [0, 0.05) is 13.0 Å². The van der Waals surface area contributed by atoms with Crippen molar-refractivity contribution in [3.8, 4) is 0 Å². The molecule has 5 N–H and O–H groups in total. The van der Waals surface area contributed by atoms with Crippen LogP contribution in [0, 0.1) is 6.92 Å². The minimum absolute atomic E-state index is 0.422. The van der Waals surface area contributed by atoms with Crippen LogP contribution in [0.5, 0.6) is 0 Å². The van der Waals surface area contributed by atoms with Crippen molar-refractivity contribution in [2.75, 3.05) is 70.9 Å². The number of rotatable bonds is 16. The molecule has 0 fully saturated rings. The van der Waals surface area contributed by atoms with Gasteiger partial charge < -0.3 is 40.5 Å². The second kappa shape index (κ2) is 24.8. The maximum absolute atomic E-state index is 9.98. The van der Waals surface area contributed by atoms with Gasteiger partial charge in [-0.1, -0.05) is 19.9 Å². The van der Waals surface area contributed by atoms with Gasteiger partial charge in [0.1, 0.15) is 6.29 Å². The topological polar surface area (TPSA) is 135 Å². The van der Waals surface area contributed by atoms with Gasteiger partial charge in [-0.25, -0.2) is 0 Å². The highest BCUT2D eigenvalue weighted by molar-refractivity contribution is 5.63. The number of nitrogens with one attached hydrogen (secondary N) is 1. The molecule has 0 unspecified atom stereocenters. The fraction of sp³-hybridized carbons (Fsp3) is 0.619. The van der Waals surface area contributed by atoms with Crippen LogP contribution in [0.1, 0.15) is 25.8 Å². The van der Waals surface area contributed by atoms with Crippen molar-refractivity contribution in [1.82, 2.24) is 5.32 Å². The summed E-state index contributed by atoms with van der Waals surface area (Å²) in [7, 11) is 0. The standard InChI is InChI=1S/C12H23NO6.C7H10N2.C2H6/c14-3-1-4-16-6-8-18-10-11-19-9-7-17-5-2-13-12-15;1-5-2-3-6(8)7(9)4-5;1-2/h3,12H,1-2,4-11H2,(H,13,15);2-4H,8-9H2,1H3;1-2H3. The number of anilines is 2. The smallest absolute Gasteiger partial charge is 0.207 e. The third-order valence-electron chi connectivity index (χ3n) is 3.21. The molecule has 9 heteroatoms. The molecule has 0 saturated heterocycles. The van der Waals surface area contributed by atoms with Crippen molar-refractivity contribution < 1.29 is 28.5 Å². The maximum Gasteiger partial charge on any atom is 0.207 e. The molecule has 1 amide bonds. The fourth-order valence-corrected chi connectivity index (χ4v) is 1.78. The number of carbonyl (C=O) groups excluding carboxylic acids is 2. The van der Waals surface area contributed by atoms with Crippen LogP contribution in [-0.4, -0.2) is 72.1 Å². The lowest BCUT2D eigenvalue weighted by Crippen LogP contribution is -2.19. The first-order valence-corrected chi connectivity index (χ1v) is 10.1. The first-order valence-electron chi connectivity index (χ1n) is 10.1. The lowest BCUT2D eigenvalue weighted by molar-refractivity contribution is -0.110. The summed E-state index contributed by atoms with van der Waals surface area (Å²) in [5.41, 5.74) is 13.4. The quantitative estimate of drug-likeness (QED) is 0.205. The van der Waals surface area contributed by atoms with E-state index >= 15 is 0 Å². The van der Waals surface area contributed by atoms with Gasteiger partial charge in [0.15, 0.2) is 0 Å². The van der Waals surface area contributed by atoms with Crippen molar-refractivity contribution in [2.45, 2.75) is 27.2 Å². The summed E-state index contributed by atoms with van der Waals surface area (Å²) in [6, 6.07) is 5.60. The SMILES string of the molecule is CC.Cc1ccc(N)c(N)c1.O=CCCOCCOCCOCCOCCNC=O.